The Kier molecular flexibility index (Phi) is 4.74. The zero-order chi connectivity index (χ0) is 18.0. The molecule has 0 saturated heterocycles. The van der Waals surface area contributed by atoms with E-state index >= 15 is 0 Å². The minimum atomic E-state index is -0.517. The fourth-order valence-electron chi connectivity index (χ4n) is 3.03. The summed E-state index contributed by atoms with van der Waals surface area (Å²) in [7, 11) is 1.62. The summed E-state index contributed by atoms with van der Waals surface area (Å²) >= 11 is 0. The van der Waals surface area contributed by atoms with Crippen LogP contribution in [0.15, 0.2) is 42.6 Å². The highest BCUT2D eigenvalue weighted by molar-refractivity contribution is 6.04. The van der Waals surface area contributed by atoms with Gasteiger partial charge < -0.3 is 14.0 Å². The molecule has 0 radical (unpaired) electrons. The number of aryl methyl sites for hydroxylation is 1. The number of carbonyl (C=O) groups is 1. The van der Waals surface area contributed by atoms with Gasteiger partial charge in [0, 0.05) is 18.1 Å². The lowest BCUT2D eigenvalue weighted by Gasteiger charge is -2.11. The fraction of sp³-hybridized carbons (Fsp3) is 0.250. The van der Waals surface area contributed by atoms with E-state index in [0.717, 1.165) is 16.9 Å². The lowest BCUT2D eigenvalue weighted by Crippen LogP contribution is -2.09. The molecule has 130 valence electrons. The van der Waals surface area contributed by atoms with E-state index in [4.69, 9.17) is 9.47 Å². The molecular formula is C20H20FNO3. The second-order valence-corrected chi connectivity index (χ2v) is 5.86. The molecule has 0 fully saturated rings. The second-order valence-electron chi connectivity index (χ2n) is 5.86. The molecule has 4 nitrogen and oxygen atoms in total. The first-order valence-electron chi connectivity index (χ1n) is 8.12. The number of halogens is 1. The summed E-state index contributed by atoms with van der Waals surface area (Å²) in [5, 5.41) is 0.714. The molecule has 0 bridgehead atoms. The van der Waals surface area contributed by atoms with E-state index in [0.29, 0.717) is 17.4 Å². The molecular weight excluding hydrogens is 321 g/mol. The van der Waals surface area contributed by atoms with Crippen LogP contribution in [-0.2, 0) is 11.3 Å². The smallest absolute Gasteiger partial charge is 0.340 e. The molecule has 0 amide bonds. The van der Waals surface area contributed by atoms with Gasteiger partial charge in [0.15, 0.2) is 0 Å². The quantitative estimate of drug-likeness (QED) is 0.649. The van der Waals surface area contributed by atoms with Crippen LogP contribution in [0.5, 0.6) is 5.75 Å². The minimum absolute atomic E-state index is 0.242. The summed E-state index contributed by atoms with van der Waals surface area (Å²) in [6.45, 7) is 4.42. The molecule has 0 atom stereocenters. The average Bonchev–Trinajstić information content (AvgIpc) is 2.90. The number of nitrogens with zero attached hydrogens (tertiary/aromatic N) is 1. The molecule has 0 N–H and O–H groups in total. The van der Waals surface area contributed by atoms with E-state index in [1.54, 1.807) is 14.0 Å². The molecule has 2 aromatic carbocycles. The van der Waals surface area contributed by atoms with Crippen molar-refractivity contribution in [1.82, 2.24) is 4.57 Å². The predicted molar refractivity (Wildman–Crippen MR) is 94.7 cm³/mol. The van der Waals surface area contributed by atoms with Gasteiger partial charge in [-0.3, -0.25) is 0 Å². The molecule has 0 saturated carbocycles. The third-order valence-corrected chi connectivity index (χ3v) is 4.12. The number of rotatable bonds is 5. The van der Waals surface area contributed by atoms with Crippen LogP contribution in [0.25, 0.3) is 10.9 Å². The van der Waals surface area contributed by atoms with Crippen LogP contribution in [-0.4, -0.2) is 24.3 Å². The first-order chi connectivity index (χ1) is 12.0. The number of methoxy groups -OCH3 is 1. The fourth-order valence-corrected chi connectivity index (χ4v) is 3.03. The molecule has 3 aromatic rings. The van der Waals surface area contributed by atoms with Crippen molar-refractivity contribution >= 4 is 16.9 Å². The van der Waals surface area contributed by atoms with Crippen molar-refractivity contribution in [3.05, 3.63) is 65.1 Å². The third kappa shape index (κ3) is 3.36. The number of esters is 1. The van der Waals surface area contributed by atoms with Gasteiger partial charge in [0.05, 0.1) is 24.8 Å². The summed E-state index contributed by atoms with van der Waals surface area (Å²) in [5.41, 5.74) is 2.85. The van der Waals surface area contributed by atoms with Crippen LogP contribution in [0.4, 0.5) is 4.39 Å². The maximum atomic E-state index is 14.0. The number of hydrogen-bond donors (Lipinski definition) is 0. The van der Waals surface area contributed by atoms with Crippen LogP contribution in [0.2, 0.25) is 0 Å². The highest BCUT2D eigenvalue weighted by atomic mass is 19.1. The molecule has 0 aliphatic rings. The second kappa shape index (κ2) is 6.97. The van der Waals surface area contributed by atoms with Crippen molar-refractivity contribution in [2.45, 2.75) is 20.4 Å². The summed E-state index contributed by atoms with van der Waals surface area (Å²) in [4.78, 5) is 12.3. The molecule has 1 heterocycles. The summed E-state index contributed by atoms with van der Waals surface area (Å²) in [6.07, 6.45) is 1.92. The number of carbonyl (C=O) groups excluding carboxylic acids is 1. The number of aromatic nitrogens is 1. The normalized spacial score (nSPS) is 10.9. The van der Waals surface area contributed by atoms with E-state index < -0.39 is 11.8 Å². The Balaban J connectivity index is 2.13. The Morgan fingerprint density at radius 2 is 2.04 bits per heavy atom. The zero-order valence-electron chi connectivity index (χ0n) is 14.5. The van der Waals surface area contributed by atoms with Crippen LogP contribution in [0.3, 0.4) is 0 Å². The van der Waals surface area contributed by atoms with Gasteiger partial charge in [-0.05, 0) is 49.2 Å². The van der Waals surface area contributed by atoms with Crippen LogP contribution >= 0.6 is 0 Å². The van der Waals surface area contributed by atoms with Crippen molar-refractivity contribution in [3.8, 4) is 5.75 Å². The Morgan fingerprint density at radius 3 is 2.76 bits per heavy atom. The first kappa shape index (κ1) is 17.0. The Hall–Kier alpha value is -2.82. The Morgan fingerprint density at radius 1 is 1.24 bits per heavy atom. The minimum Gasteiger partial charge on any atom is -0.497 e. The molecule has 0 spiro atoms. The SMILES string of the molecule is CCOC(=O)c1cc(F)cc2c(C)cn(Cc3cccc(OC)c3)c12. The Bertz CT molecular complexity index is 930. The topological polar surface area (TPSA) is 40.5 Å². The van der Waals surface area contributed by atoms with Gasteiger partial charge >= 0.3 is 5.97 Å². The maximum Gasteiger partial charge on any atom is 0.340 e. The number of benzene rings is 2. The highest BCUT2D eigenvalue weighted by Gasteiger charge is 2.18. The maximum absolute atomic E-state index is 14.0. The Labute approximate surface area is 145 Å². The van der Waals surface area contributed by atoms with Crippen LogP contribution < -0.4 is 4.74 Å². The van der Waals surface area contributed by atoms with E-state index in [2.05, 4.69) is 0 Å². The van der Waals surface area contributed by atoms with Crippen LogP contribution in [0.1, 0.15) is 28.4 Å². The molecule has 0 aliphatic carbocycles. The monoisotopic (exact) mass is 341 g/mol. The lowest BCUT2D eigenvalue weighted by atomic mass is 10.1. The van der Waals surface area contributed by atoms with Gasteiger partial charge in [0.25, 0.3) is 0 Å². The van der Waals surface area contributed by atoms with Gasteiger partial charge in [0.1, 0.15) is 11.6 Å². The summed E-state index contributed by atoms with van der Waals surface area (Å²) < 4.78 is 26.3. The van der Waals surface area contributed by atoms with Gasteiger partial charge in [-0.15, -0.1) is 0 Å². The van der Waals surface area contributed by atoms with E-state index in [-0.39, 0.29) is 12.2 Å². The van der Waals surface area contributed by atoms with E-state index in [9.17, 15) is 9.18 Å². The number of ether oxygens (including phenoxy) is 2. The standard InChI is InChI=1S/C20H20FNO3/c1-4-25-20(23)18-10-15(21)9-17-13(2)11-22(19(17)18)12-14-6-5-7-16(8-14)24-3/h5-11H,4,12H2,1-3H3. The average molecular weight is 341 g/mol. The van der Waals surface area contributed by atoms with E-state index in [1.807, 2.05) is 42.0 Å². The molecule has 5 heteroatoms. The molecule has 25 heavy (non-hydrogen) atoms. The number of fused-ring (bicyclic) bond motifs is 1. The number of hydrogen-bond acceptors (Lipinski definition) is 3. The lowest BCUT2D eigenvalue weighted by molar-refractivity contribution is 0.0527. The summed E-state index contributed by atoms with van der Waals surface area (Å²) in [6, 6.07) is 10.4. The van der Waals surface area contributed by atoms with Crippen molar-refractivity contribution in [1.29, 1.82) is 0 Å². The van der Waals surface area contributed by atoms with Crippen molar-refractivity contribution in [2.24, 2.45) is 0 Å². The largest absolute Gasteiger partial charge is 0.497 e. The van der Waals surface area contributed by atoms with Crippen LogP contribution in [0, 0.1) is 12.7 Å². The van der Waals surface area contributed by atoms with Gasteiger partial charge in [0.2, 0.25) is 0 Å². The van der Waals surface area contributed by atoms with Gasteiger partial charge in [-0.2, -0.15) is 0 Å². The molecule has 0 unspecified atom stereocenters. The highest BCUT2D eigenvalue weighted by Crippen LogP contribution is 2.28. The first-order valence-corrected chi connectivity index (χ1v) is 8.12. The molecule has 3 rings (SSSR count). The van der Waals surface area contributed by atoms with E-state index in [1.165, 1.54) is 12.1 Å². The molecule has 0 aliphatic heterocycles. The van der Waals surface area contributed by atoms with Gasteiger partial charge in [-0.1, -0.05) is 12.1 Å². The third-order valence-electron chi connectivity index (χ3n) is 4.12. The van der Waals surface area contributed by atoms with Crippen molar-refractivity contribution in [2.75, 3.05) is 13.7 Å². The zero-order valence-corrected chi connectivity index (χ0v) is 14.5. The predicted octanol–water partition coefficient (Wildman–Crippen LogP) is 4.32. The van der Waals surface area contributed by atoms with Gasteiger partial charge in [-0.25, -0.2) is 9.18 Å². The molecule has 1 aromatic heterocycles. The summed E-state index contributed by atoms with van der Waals surface area (Å²) in [5.74, 6) is -0.197. The van der Waals surface area contributed by atoms with Crippen molar-refractivity contribution in [3.63, 3.8) is 0 Å². The van der Waals surface area contributed by atoms with Crippen molar-refractivity contribution < 1.29 is 18.7 Å².